The van der Waals surface area contributed by atoms with Crippen molar-refractivity contribution in [2.45, 2.75) is 19.5 Å². The Morgan fingerprint density at radius 2 is 1.80 bits per heavy atom. The Morgan fingerprint density at radius 1 is 1.08 bits per heavy atom. The molecule has 1 atom stereocenters. The molecule has 0 saturated carbocycles. The van der Waals surface area contributed by atoms with Gasteiger partial charge in [0.05, 0.1) is 5.39 Å². The van der Waals surface area contributed by atoms with Gasteiger partial charge in [0.15, 0.2) is 0 Å². The molecule has 25 heavy (non-hydrogen) atoms. The van der Waals surface area contributed by atoms with Crippen LogP contribution in [0.15, 0.2) is 54.7 Å². The Balaban J connectivity index is 1.74. The van der Waals surface area contributed by atoms with E-state index in [1.165, 1.54) is 12.3 Å². The minimum atomic E-state index is -0.628. The van der Waals surface area contributed by atoms with Gasteiger partial charge in [-0.2, -0.15) is 0 Å². The summed E-state index contributed by atoms with van der Waals surface area (Å²) in [6.45, 7) is 2.05. The molecule has 3 rings (SSSR count). The number of halogens is 2. The average Bonchev–Trinajstić information content (AvgIpc) is 2.63. The van der Waals surface area contributed by atoms with Crippen molar-refractivity contribution < 1.29 is 13.6 Å². The number of nitrogens with one attached hydrogen (secondary N) is 2. The third kappa shape index (κ3) is 3.74. The van der Waals surface area contributed by atoms with Crippen LogP contribution in [0.4, 0.5) is 14.5 Å². The topological polar surface area (TPSA) is 54.0 Å². The third-order valence-electron chi connectivity index (χ3n) is 3.87. The number of rotatable bonds is 5. The molecular formula is C19H17F2N3O. The lowest BCUT2D eigenvalue weighted by atomic mass is 10.1. The van der Waals surface area contributed by atoms with Gasteiger partial charge in [0, 0.05) is 18.4 Å². The zero-order valence-electron chi connectivity index (χ0n) is 13.6. The fourth-order valence-electron chi connectivity index (χ4n) is 2.55. The van der Waals surface area contributed by atoms with Crippen LogP contribution in [0.5, 0.6) is 0 Å². The van der Waals surface area contributed by atoms with E-state index in [4.69, 9.17) is 0 Å². The number of nitrogens with zero attached hydrogens (tertiary/aromatic N) is 1. The lowest BCUT2D eigenvalue weighted by Crippen LogP contribution is -2.37. The Hall–Kier alpha value is -3.02. The van der Waals surface area contributed by atoms with Crippen LogP contribution in [0.2, 0.25) is 0 Å². The van der Waals surface area contributed by atoms with Gasteiger partial charge in [-0.15, -0.1) is 0 Å². The normalized spacial score (nSPS) is 12.0. The van der Waals surface area contributed by atoms with Gasteiger partial charge in [0.2, 0.25) is 5.91 Å². The highest BCUT2D eigenvalue weighted by molar-refractivity contribution is 5.94. The number of anilines is 1. The van der Waals surface area contributed by atoms with E-state index < -0.39 is 17.7 Å². The van der Waals surface area contributed by atoms with Gasteiger partial charge >= 0.3 is 0 Å². The minimum absolute atomic E-state index is 0.0326. The smallest absolute Gasteiger partial charge is 0.242 e. The van der Waals surface area contributed by atoms with Gasteiger partial charge in [-0.25, -0.2) is 8.78 Å². The Morgan fingerprint density at radius 3 is 2.56 bits per heavy atom. The maximum atomic E-state index is 14.1. The van der Waals surface area contributed by atoms with E-state index in [9.17, 15) is 13.6 Å². The van der Waals surface area contributed by atoms with Crippen molar-refractivity contribution in [3.63, 3.8) is 0 Å². The first-order chi connectivity index (χ1) is 12.1. The van der Waals surface area contributed by atoms with Gasteiger partial charge in [-0.3, -0.25) is 9.78 Å². The molecule has 1 amide bonds. The molecule has 0 aliphatic heterocycles. The van der Waals surface area contributed by atoms with Crippen LogP contribution in [0.25, 0.3) is 10.9 Å². The van der Waals surface area contributed by atoms with Crippen LogP contribution in [-0.4, -0.2) is 16.9 Å². The highest BCUT2D eigenvalue weighted by Gasteiger charge is 2.16. The quantitative estimate of drug-likeness (QED) is 0.745. The lowest BCUT2D eigenvalue weighted by molar-refractivity contribution is -0.121. The predicted molar refractivity (Wildman–Crippen MR) is 93.0 cm³/mol. The molecule has 0 aliphatic carbocycles. The van der Waals surface area contributed by atoms with Crippen molar-refractivity contribution >= 4 is 22.5 Å². The summed E-state index contributed by atoms with van der Waals surface area (Å²) in [6.07, 6.45) is 1.38. The van der Waals surface area contributed by atoms with Crippen LogP contribution < -0.4 is 10.6 Å². The first kappa shape index (κ1) is 16.8. The van der Waals surface area contributed by atoms with E-state index in [2.05, 4.69) is 15.6 Å². The second-order valence-electron chi connectivity index (χ2n) is 5.68. The van der Waals surface area contributed by atoms with E-state index in [1.807, 2.05) is 30.3 Å². The third-order valence-corrected chi connectivity index (χ3v) is 3.87. The number of amides is 1. The van der Waals surface area contributed by atoms with Gasteiger partial charge in [-0.1, -0.05) is 30.3 Å². The Labute approximate surface area is 143 Å². The SMILES string of the molecule is CC(Nc1ccnc2c(F)ccc(F)c12)C(=O)NCc1ccccc1. The Bertz CT molecular complexity index is 900. The van der Waals surface area contributed by atoms with Crippen molar-refractivity contribution in [3.05, 3.63) is 71.9 Å². The summed E-state index contributed by atoms with van der Waals surface area (Å²) in [5.41, 5.74) is 1.23. The monoisotopic (exact) mass is 341 g/mol. The van der Waals surface area contributed by atoms with Crippen molar-refractivity contribution in [2.24, 2.45) is 0 Å². The van der Waals surface area contributed by atoms with Crippen LogP contribution in [0.1, 0.15) is 12.5 Å². The van der Waals surface area contributed by atoms with E-state index in [1.54, 1.807) is 6.92 Å². The maximum absolute atomic E-state index is 14.1. The largest absolute Gasteiger partial charge is 0.373 e. The molecule has 2 aromatic carbocycles. The minimum Gasteiger partial charge on any atom is -0.373 e. The average molecular weight is 341 g/mol. The second-order valence-corrected chi connectivity index (χ2v) is 5.68. The number of carbonyl (C=O) groups is 1. The summed E-state index contributed by atoms with van der Waals surface area (Å²) in [6, 6.07) is 12.5. The summed E-state index contributed by atoms with van der Waals surface area (Å²) < 4.78 is 27.9. The molecule has 0 radical (unpaired) electrons. The maximum Gasteiger partial charge on any atom is 0.242 e. The molecule has 1 heterocycles. The van der Waals surface area contributed by atoms with Crippen LogP contribution in [-0.2, 0) is 11.3 Å². The summed E-state index contributed by atoms with van der Waals surface area (Å²) >= 11 is 0. The Kier molecular flexibility index (Phi) is 4.88. The molecule has 3 aromatic rings. The van der Waals surface area contributed by atoms with Crippen molar-refractivity contribution in [2.75, 3.05) is 5.32 Å². The van der Waals surface area contributed by atoms with Gasteiger partial charge in [0.1, 0.15) is 23.2 Å². The molecule has 0 aliphatic rings. The highest BCUT2D eigenvalue weighted by atomic mass is 19.1. The zero-order chi connectivity index (χ0) is 17.8. The molecule has 0 spiro atoms. The van der Waals surface area contributed by atoms with Gasteiger partial charge < -0.3 is 10.6 Å². The van der Waals surface area contributed by atoms with Crippen molar-refractivity contribution in [1.29, 1.82) is 0 Å². The fraction of sp³-hybridized carbons (Fsp3) is 0.158. The molecule has 0 saturated heterocycles. The molecule has 4 nitrogen and oxygen atoms in total. The summed E-state index contributed by atoms with van der Waals surface area (Å²) in [5, 5.41) is 5.77. The number of hydrogen-bond donors (Lipinski definition) is 2. The van der Waals surface area contributed by atoms with E-state index >= 15 is 0 Å². The fourth-order valence-corrected chi connectivity index (χ4v) is 2.55. The predicted octanol–water partition coefficient (Wildman–Crippen LogP) is 3.63. The van der Waals surface area contributed by atoms with E-state index in [-0.39, 0.29) is 16.8 Å². The van der Waals surface area contributed by atoms with Gasteiger partial charge in [0.25, 0.3) is 0 Å². The zero-order valence-corrected chi connectivity index (χ0v) is 13.6. The van der Waals surface area contributed by atoms with Crippen molar-refractivity contribution in [3.8, 4) is 0 Å². The second kappa shape index (κ2) is 7.25. The molecule has 0 fully saturated rings. The number of carbonyl (C=O) groups excluding carboxylic acids is 1. The number of hydrogen-bond acceptors (Lipinski definition) is 3. The van der Waals surface area contributed by atoms with Crippen molar-refractivity contribution in [1.82, 2.24) is 10.3 Å². The van der Waals surface area contributed by atoms with Crippen LogP contribution in [0.3, 0.4) is 0 Å². The summed E-state index contributed by atoms with van der Waals surface area (Å²) in [4.78, 5) is 16.1. The summed E-state index contributed by atoms with van der Waals surface area (Å²) in [5.74, 6) is -1.45. The molecule has 1 unspecified atom stereocenters. The number of benzene rings is 2. The first-order valence-electron chi connectivity index (χ1n) is 7.87. The van der Waals surface area contributed by atoms with E-state index in [0.29, 0.717) is 12.2 Å². The standard InChI is InChI=1S/C19H17F2N3O/c1-12(19(25)23-11-13-5-3-2-4-6-13)24-16-9-10-22-18-15(21)8-7-14(20)17(16)18/h2-10,12H,11H2,1H3,(H,22,24)(H,23,25). The molecular weight excluding hydrogens is 324 g/mol. The molecule has 0 bridgehead atoms. The summed E-state index contributed by atoms with van der Waals surface area (Å²) in [7, 11) is 0. The van der Waals surface area contributed by atoms with E-state index in [0.717, 1.165) is 17.7 Å². The number of aromatic nitrogens is 1. The first-order valence-corrected chi connectivity index (χ1v) is 7.87. The lowest BCUT2D eigenvalue weighted by Gasteiger charge is -2.17. The molecule has 6 heteroatoms. The highest BCUT2D eigenvalue weighted by Crippen LogP contribution is 2.27. The number of pyridine rings is 1. The molecule has 128 valence electrons. The molecule has 2 N–H and O–H groups in total. The van der Waals surface area contributed by atoms with Gasteiger partial charge in [-0.05, 0) is 30.7 Å². The van der Waals surface area contributed by atoms with Crippen LogP contribution in [0, 0.1) is 11.6 Å². The number of fused-ring (bicyclic) bond motifs is 1. The molecule has 1 aromatic heterocycles. The van der Waals surface area contributed by atoms with Crippen LogP contribution >= 0.6 is 0 Å².